The van der Waals surface area contributed by atoms with Crippen molar-refractivity contribution in [3.8, 4) is 0 Å². The third kappa shape index (κ3) is 6.53. The summed E-state index contributed by atoms with van der Waals surface area (Å²) in [6.45, 7) is 7.41. The highest BCUT2D eigenvalue weighted by molar-refractivity contribution is 5.68. The molecule has 22 heavy (non-hydrogen) atoms. The van der Waals surface area contributed by atoms with E-state index in [0.717, 1.165) is 44.9 Å². The van der Waals surface area contributed by atoms with E-state index in [1.165, 1.54) is 19.3 Å². The number of nitrogens with one attached hydrogen (secondary N) is 2. The molecule has 0 atom stereocenters. The highest BCUT2D eigenvalue weighted by atomic mass is 16.6. The maximum absolute atomic E-state index is 11.7. The van der Waals surface area contributed by atoms with Crippen molar-refractivity contribution < 1.29 is 14.3 Å². The Kier molecular flexibility index (Phi) is 6.50. The third-order valence-electron chi connectivity index (χ3n) is 4.39. The van der Waals surface area contributed by atoms with Crippen LogP contribution in [0.5, 0.6) is 0 Å². The Hall–Kier alpha value is -0.810. The Balaban J connectivity index is 1.52. The van der Waals surface area contributed by atoms with Gasteiger partial charge in [0.05, 0.1) is 12.7 Å². The summed E-state index contributed by atoms with van der Waals surface area (Å²) in [4.78, 5) is 11.7. The minimum atomic E-state index is -0.433. The van der Waals surface area contributed by atoms with E-state index >= 15 is 0 Å². The van der Waals surface area contributed by atoms with Crippen molar-refractivity contribution in [3.05, 3.63) is 0 Å². The summed E-state index contributed by atoms with van der Waals surface area (Å²) in [6.07, 6.45) is 8.03. The van der Waals surface area contributed by atoms with Crippen LogP contribution in [0.2, 0.25) is 0 Å². The maximum Gasteiger partial charge on any atom is 0.407 e. The monoisotopic (exact) mass is 312 g/mol. The molecule has 2 fully saturated rings. The van der Waals surface area contributed by atoms with Crippen molar-refractivity contribution in [2.45, 2.75) is 89.5 Å². The Morgan fingerprint density at radius 2 is 1.73 bits per heavy atom. The van der Waals surface area contributed by atoms with E-state index in [9.17, 15) is 4.79 Å². The van der Waals surface area contributed by atoms with Crippen LogP contribution >= 0.6 is 0 Å². The molecule has 0 bridgehead atoms. The van der Waals surface area contributed by atoms with Crippen molar-refractivity contribution in [2.24, 2.45) is 0 Å². The number of hydrogen-bond acceptors (Lipinski definition) is 4. The summed E-state index contributed by atoms with van der Waals surface area (Å²) in [5, 5.41) is 6.48. The Bertz CT molecular complexity index is 342. The Morgan fingerprint density at radius 1 is 1.05 bits per heavy atom. The lowest BCUT2D eigenvalue weighted by Gasteiger charge is -2.31. The summed E-state index contributed by atoms with van der Waals surface area (Å²) in [5.74, 6) is 0. The summed E-state index contributed by atoms with van der Waals surface area (Å²) in [6, 6.07) is 0.958. The number of carbonyl (C=O) groups excluding carboxylic acids is 1. The first-order valence-corrected chi connectivity index (χ1v) is 8.77. The van der Waals surface area contributed by atoms with Crippen molar-refractivity contribution >= 4 is 6.09 Å². The van der Waals surface area contributed by atoms with Crippen molar-refractivity contribution in [1.82, 2.24) is 10.6 Å². The van der Waals surface area contributed by atoms with E-state index in [-0.39, 0.29) is 12.1 Å². The standard InChI is InChI=1S/C17H32N2O3/c1-17(2,3)22-16(20)19-14-7-9-15(10-8-14)21-12-11-18-13-5-4-6-13/h13-15,18H,4-12H2,1-3H3,(H,19,20). The third-order valence-corrected chi connectivity index (χ3v) is 4.39. The van der Waals surface area contributed by atoms with Crippen LogP contribution in [0.4, 0.5) is 4.79 Å². The van der Waals surface area contributed by atoms with E-state index in [2.05, 4.69) is 10.6 Å². The van der Waals surface area contributed by atoms with Crippen LogP contribution < -0.4 is 10.6 Å². The largest absolute Gasteiger partial charge is 0.444 e. The lowest BCUT2D eigenvalue weighted by atomic mass is 9.93. The lowest BCUT2D eigenvalue weighted by Crippen LogP contribution is -2.42. The van der Waals surface area contributed by atoms with Gasteiger partial charge in [-0.2, -0.15) is 0 Å². The number of ether oxygens (including phenoxy) is 2. The second kappa shape index (κ2) is 8.16. The SMILES string of the molecule is CC(C)(C)OC(=O)NC1CCC(OCCNC2CCC2)CC1. The molecule has 0 aromatic heterocycles. The van der Waals surface area contributed by atoms with Gasteiger partial charge in [-0.05, 0) is 59.3 Å². The van der Waals surface area contributed by atoms with Gasteiger partial charge in [0.2, 0.25) is 0 Å². The van der Waals surface area contributed by atoms with Gasteiger partial charge in [0.1, 0.15) is 5.60 Å². The fourth-order valence-corrected chi connectivity index (χ4v) is 2.95. The van der Waals surface area contributed by atoms with Gasteiger partial charge in [0.25, 0.3) is 0 Å². The average molecular weight is 312 g/mol. The molecular formula is C17H32N2O3. The normalized spacial score (nSPS) is 26.3. The smallest absolute Gasteiger partial charge is 0.407 e. The summed E-state index contributed by atoms with van der Waals surface area (Å²) in [5.41, 5.74) is -0.433. The maximum atomic E-state index is 11.7. The lowest BCUT2D eigenvalue weighted by molar-refractivity contribution is 0.0180. The van der Waals surface area contributed by atoms with E-state index in [1.54, 1.807) is 0 Å². The molecule has 0 heterocycles. The fraction of sp³-hybridized carbons (Fsp3) is 0.941. The predicted octanol–water partition coefficient (Wildman–Crippen LogP) is 2.98. The number of hydrogen-bond donors (Lipinski definition) is 2. The van der Waals surface area contributed by atoms with Gasteiger partial charge < -0.3 is 20.1 Å². The molecule has 1 amide bonds. The fourth-order valence-electron chi connectivity index (χ4n) is 2.95. The molecule has 0 spiro atoms. The zero-order chi connectivity index (χ0) is 16.0. The van der Waals surface area contributed by atoms with E-state index in [1.807, 2.05) is 20.8 Å². The molecule has 0 aliphatic heterocycles. The zero-order valence-electron chi connectivity index (χ0n) is 14.3. The van der Waals surface area contributed by atoms with Gasteiger partial charge in [-0.15, -0.1) is 0 Å². The van der Waals surface area contributed by atoms with E-state index in [0.29, 0.717) is 6.10 Å². The van der Waals surface area contributed by atoms with Crippen LogP contribution in [0.3, 0.4) is 0 Å². The summed E-state index contributed by atoms with van der Waals surface area (Å²) >= 11 is 0. The Labute approximate surface area is 134 Å². The highest BCUT2D eigenvalue weighted by Crippen LogP contribution is 2.22. The van der Waals surface area contributed by atoms with Gasteiger partial charge in [-0.1, -0.05) is 6.42 Å². The van der Waals surface area contributed by atoms with Crippen LogP contribution in [-0.2, 0) is 9.47 Å². The van der Waals surface area contributed by atoms with Crippen molar-refractivity contribution in [2.75, 3.05) is 13.2 Å². The first-order valence-electron chi connectivity index (χ1n) is 8.77. The second-order valence-electron chi connectivity index (χ2n) is 7.57. The molecular weight excluding hydrogens is 280 g/mol. The molecule has 5 heteroatoms. The zero-order valence-corrected chi connectivity index (χ0v) is 14.3. The molecule has 2 aliphatic carbocycles. The highest BCUT2D eigenvalue weighted by Gasteiger charge is 2.25. The van der Waals surface area contributed by atoms with Gasteiger partial charge in [0, 0.05) is 18.6 Å². The molecule has 0 unspecified atom stereocenters. The predicted molar refractivity (Wildman–Crippen MR) is 87.0 cm³/mol. The van der Waals surface area contributed by atoms with E-state index in [4.69, 9.17) is 9.47 Å². The van der Waals surface area contributed by atoms with Crippen molar-refractivity contribution in [1.29, 1.82) is 0 Å². The van der Waals surface area contributed by atoms with Crippen LogP contribution in [0.1, 0.15) is 65.7 Å². The molecule has 2 N–H and O–H groups in total. The molecule has 5 nitrogen and oxygen atoms in total. The Morgan fingerprint density at radius 3 is 2.27 bits per heavy atom. The number of alkyl carbamates (subject to hydrolysis) is 1. The van der Waals surface area contributed by atoms with Gasteiger partial charge >= 0.3 is 6.09 Å². The molecule has 128 valence electrons. The molecule has 2 rings (SSSR count). The summed E-state index contributed by atoms with van der Waals surface area (Å²) in [7, 11) is 0. The first kappa shape index (κ1) is 17.5. The number of carbonyl (C=O) groups is 1. The molecule has 0 aromatic rings. The molecule has 2 saturated carbocycles. The summed E-state index contributed by atoms with van der Waals surface area (Å²) < 4.78 is 11.2. The molecule has 2 aliphatic rings. The van der Waals surface area contributed by atoms with Gasteiger partial charge in [-0.25, -0.2) is 4.79 Å². The minimum Gasteiger partial charge on any atom is -0.444 e. The average Bonchev–Trinajstić information content (AvgIpc) is 2.36. The first-order chi connectivity index (χ1) is 10.4. The van der Waals surface area contributed by atoms with Crippen LogP contribution in [-0.4, -0.2) is 43.0 Å². The van der Waals surface area contributed by atoms with Crippen LogP contribution in [0.15, 0.2) is 0 Å². The second-order valence-corrected chi connectivity index (χ2v) is 7.57. The molecule has 0 radical (unpaired) electrons. The topological polar surface area (TPSA) is 59.6 Å². The number of amides is 1. The van der Waals surface area contributed by atoms with Gasteiger partial charge in [-0.3, -0.25) is 0 Å². The molecule has 0 saturated heterocycles. The van der Waals surface area contributed by atoms with Crippen molar-refractivity contribution in [3.63, 3.8) is 0 Å². The molecule has 0 aromatic carbocycles. The minimum absolute atomic E-state index is 0.225. The quantitative estimate of drug-likeness (QED) is 0.740. The van der Waals surface area contributed by atoms with Gasteiger partial charge in [0.15, 0.2) is 0 Å². The van der Waals surface area contributed by atoms with E-state index < -0.39 is 5.60 Å². The van der Waals surface area contributed by atoms with Crippen LogP contribution in [0, 0.1) is 0 Å². The number of rotatable bonds is 6. The van der Waals surface area contributed by atoms with Crippen LogP contribution in [0.25, 0.3) is 0 Å².